The van der Waals surface area contributed by atoms with Crippen LogP contribution in [0.25, 0.3) is 0 Å². The topological polar surface area (TPSA) is 74.0 Å². The Bertz CT molecular complexity index is 793. The molecular weight excluding hydrogens is 333 g/mol. The molecule has 1 amide bonds. The Labute approximate surface area is 152 Å². The van der Waals surface area contributed by atoms with Crippen molar-refractivity contribution in [2.75, 3.05) is 23.4 Å². The average molecular weight is 357 g/mol. The standard InChI is InChI=1S/C19H24FN5O/c1-11(12-5-7-24(8-6-12)14-3-4-14)19-23-16-10-13(20)9-15(18(21)26)17(16)25(19)22-2/h9-10,12,14,23H,2-8H2,1H3,(H2,21,26)/b19-11+. The van der Waals surface area contributed by atoms with E-state index in [2.05, 4.69) is 29.0 Å². The summed E-state index contributed by atoms with van der Waals surface area (Å²) in [4.78, 5) is 14.4. The maximum atomic E-state index is 13.9. The molecule has 6 nitrogen and oxygen atoms in total. The molecule has 26 heavy (non-hydrogen) atoms. The summed E-state index contributed by atoms with van der Waals surface area (Å²) in [6, 6.07) is 3.30. The van der Waals surface area contributed by atoms with E-state index in [9.17, 15) is 9.18 Å². The van der Waals surface area contributed by atoms with Crippen molar-refractivity contribution in [3.05, 3.63) is 34.9 Å². The summed E-state index contributed by atoms with van der Waals surface area (Å²) >= 11 is 0. The molecule has 4 rings (SSSR count). The Morgan fingerprint density at radius 1 is 1.31 bits per heavy atom. The molecule has 0 spiro atoms. The zero-order chi connectivity index (χ0) is 18.4. The van der Waals surface area contributed by atoms with Crippen LogP contribution in [0.4, 0.5) is 15.8 Å². The zero-order valence-electron chi connectivity index (χ0n) is 15.0. The fourth-order valence-corrected chi connectivity index (χ4v) is 4.14. The first kappa shape index (κ1) is 17.0. The number of allylic oxidation sites excluding steroid dienone is 1. The van der Waals surface area contributed by atoms with Crippen LogP contribution >= 0.6 is 0 Å². The van der Waals surface area contributed by atoms with Gasteiger partial charge in [0.2, 0.25) is 0 Å². The highest BCUT2D eigenvalue weighted by atomic mass is 19.1. The van der Waals surface area contributed by atoms with Crippen molar-refractivity contribution in [2.24, 2.45) is 16.8 Å². The summed E-state index contributed by atoms with van der Waals surface area (Å²) in [5.74, 6) is -0.0144. The number of amides is 1. The summed E-state index contributed by atoms with van der Waals surface area (Å²) < 4.78 is 13.9. The number of nitrogens with zero attached hydrogens (tertiary/aromatic N) is 3. The van der Waals surface area contributed by atoms with Gasteiger partial charge < -0.3 is 16.0 Å². The molecule has 0 unspecified atom stereocenters. The van der Waals surface area contributed by atoms with E-state index in [0.29, 0.717) is 17.3 Å². The smallest absolute Gasteiger partial charge is 0.251 e. The molecular formula is C19H24FN5O. The normalized spacial score (nSPS) is 22.8. The predicted octanol–water partition coefficient (Wildman–Crippen LogP) is 2.88. The largest absolute Gasteiger partial charge is 0.366 e. The molecule has 0 aromatic heterocycles. The van der Waals surface area contributed by atoms with Crippen LogP contribution in [-0.4, -0.2) is 36.7 Å². The van der Waals surface area contributed by atoms with Gasteiger partial charge in [-0.25, -0.2) is 9.40 Å². The van der Waals surface area contributed by atoms with Gasteiger partial charge in [-0.2, -0.15) is 5.10 Å². The van der Waals surface area contributed by atoms with Crippen molar-refractivity contribution in [3.8, 4) is 0 Å². The number of carbonyl (C=O) groups excluding carboxylic acids is 1. The van der Waals surface area contributed by atoms with Gasteiger partial charge in [-0.15, -0.1) is 0 Å². The lowest BCUT2D eigenvalue weighted by atomic mass is 9.89. The number of nitrogens with two attached hydrogens (primary N) is 1. The van der Waals surface area contributed by atoms with E-state index in [-0.39, 0.29) is 5.56 Å². The van der Waals surface area contributed by atoms with E-state index in [1.165, 1.54) is 18.9 Å². The van der Waals surface area contributed by atoms with Gasteiger partial charge in [-0.1, -0.05) is 0 Å². The lowest BCUT2D eigenvalue weighted by molar-refractivity contribution is 0.100. The van der Waals surface area contributed by atoms with Crippen molar-refractivity contribution < 1.29 is 9.18 Å². The van der Waals surface area contributed by atoms with Gasteiger partial charge in [0, 0.05) is 12.8 Å². The van der Waals surface area contributed by atoms with Gasteiger partial charge in [-0.05, 0) is 69.3 Å². The van der Waals surface area contributed by atoms with Crippen LogP contribution in [0.2, 0.25) is 0 Å². The van der Waals surface area contributed by atoms with Gasteiger partial charge in [0.05, 0.1) is 11.3 Å². The molecule has 2 aliphatic heterocycles. The van der Waals surface area contributed by atoms with Crippen LogP contribution in [0.15, 0.2) is 28.6 Å². The molecule has 1 aliphatic carbocycles. The summed E-state index contributed by atoms with van der Waals surface area (Å²) in [6.45, 7) is 7.92. The Kier molecular flexibility index (Phi) is 4.19. The number of hydrogen-bond donors (Lipinski definition) is 2. The number of likely N-dealkylation sites (tertiary alicyclic amines) is 1. The highest BCUT2D eigenvalue weighted by Crippen LogP contribution is 2.43. The first-order valence-corrected chi connectivity index (χ1v) is 9.11. The highest BCUT2D eigenvalue weighted by Gasteiger charge is 2.35. The van der Waals surface area contributed by atoms with Crippen LogP contribution < -0.4 is 16.1 Å². The summed E-state index contributed by atoms with van der Waals surface area (Å²) in [5.41, 5.74) is 7.67. The third kappa shape index (κ3) is 2.86. The fourth-order valence-electron chi connectivity index (χ4n) is 4.14. The summed E-state index contributed by atoms with van der Waals surface area (Å²) in [7, 11) is 0. The van der Waals surface area contributed by atoms with Crippen molar-refractivity contribution in [1.29, 1.82) is 0 Å². The van der Waals surface area contributed by atoms with Crippen molar-refractivity contribution in [1.82, 2.24) is 4.90 Å². The van der Waals surface area contributed by atoms with Crippen LogP contribution in [0.5, 0.6) is 0 Å². The number of hydrogen-bond acceptors (Lipinski definition) is 5. The molecule has 3 N–H and O–H groups in total. The van der Waals surface area contributed by atoms with Crippen molar-refractivity contribution >= 4 is 24.0 Å². The summed E-state index contributed by atoms with van der Waals surface area (Å²) in [6.07, 6.45) is 4.84. The summed E-state index contributed by atoms with van der Waals surface area (Å²) in [5, 5.41) is 8.88. The quantitative estimate of drug-likeness (QED) is 0.813. The SMILES string of the molecule is C=NN1/C(=C(\C)C2CCN(C3CC3)CC2)Nc2cc(F)cc(C(N)=O)c21. The van der Waals surface area contributed by atoms with Gasteiger partial charge in [0.25, 0.3) is 5.91 Å². The maximum Gasteiger partial charge on any atom is 0.251 e. The number of anilines is 2. The minimum absolute atomic E-state index is 0.103. The van der Waals surface area contributed by atoms with Crippen LogP contribution in [0.3, 0.4) is 0 Å². The second-order valence-electron chi connectivity index (χ2n) is 7.37. The molecule has 0 radical (unpaired) electrons. The average Bonchev–Trinajstić information content (AvgIpc) is 3.41. The lowest BCUT2D eigenvalue weighted by Crippen LogP contribution is -2.36. The molecule has 7 heteroatoms. The van der Waals surface area contributed by atoms with E-state index >= 15 is 0 Å². The number of rotatable bonds is 4. The van der Waals surface area contributed by atoms with Gasteiger partial charge in [0.15, 0.2) is 0 Å². The van der Waals surface area contributed by atoms with E-state index in [1.54, 1.807) is 5.01 Å². The number of primary amides is 1. The zero-order valence-corrected chi connectivity index (χ0v) is 15.0. The highest BCUT2D eigenvalue weighted by molar-refractivity contribution is 6.04. The van der Waals surface area contributed by atoms with Crippen LogP contribution in [0, 0.1) is 11.7 Å². The molecule has 1 aromatic carbocycles. The number of nitrogens with one attached hydrogen (secondary N) is 1. The molecule has 2 fully saturated rings. The van der Waals surface area contributed by atoms with Crippen molar-refractivity contribution in [3.63, 3.8) is 0 Å². The maximum absolute atomic E-state index is 13.9. The Balaban J connectivity index is 1.64. The molecule has 0 bridgehead atoms. The van der Waals surface area contributed by atoms with E-state index in [4.69, 9.17) is 5.73 Å². The molecule has 138 valence electrons. The first-order valence-electron chi connectivity index (χ1n) is 9.11. The van der Waals surface area contributed by atoms with E-state index < -0.39 is 11.7 Å². The predicted molar refractivity (Wildman–Crippen MR) is 101 cm³/mol. The third-order valence-corrected chi connectivity index (χ3v) is 5.74. The second-order valence-corrected chi connectivity index (χ2v) is 7.37. The molecule has 2 heterocycles. The monoisotopic (exact) mass is 357 g/mol. The van der Waals surface area contributed by atoms with Gasteiger partial charge >= 0.3 is 0 Å². The first-order chi connectivity index (χ1) is 12.5. The Morgan fingerprint density at radius 2 is 2.00 bits per heavy atom. The number of fused-ring (bicyclic) bond motifs is 1. The van der Waals surface area contributed by atoms with E-state index in [0.717, 1.165) is 49.4 Å². The fraction of sp³-hybridized carbons (Fsp3) is 0.474. The number of halogens is 1. The van der Waals surface area contributed by atoms with Crippen molar-refractivity contribution in [2.45, 2.75) is 38.6 Å². The third-order valence-electron chi connectivity index (χ3n) is 5.74. The molecule has 1 saturated carbocycles. The Hall–Kier alpha value is -2.41. The van der Waals surface area contributed by atoms with Crippen LogP contribution in [-0.2, 0) is 0 Å². The second kappa shape index (κ2) is 6.39. The number of piperidine rings is 1. The van der Waals surface area contributed by atoms with E-state index in [1.807, 2.05) is 0 Å². The van der Waals surface area contributed by atoms with Crippen LogP contribution in [0.1, 0.15) is 43.0 Å². The number of benzene rings is 1. The lowest BCUT2D eigenvalue weighted by Gasteiger charge is -2.33. The molecule has 1 aromatic rings. The molecule has 1 saturated heterocycles. The minimum Gasteiger partial charge on any atom is -0.366 e. The van der Waals surface area contributed by atoms with Gasteiger partial charge in [-0.3, -0.25) is 4.79 Å². The molecule has 3 aliphatic rings. The Morgan fingerprint density at radius 3 is 2.58 bits per heavy atom. The number of carbonyl (C=O) groups is 1. The minimum atomic E-state index is -0.687. The number of hydrazone groups is 1. The molecule has 0 atom stereocenters. The van der Waals surface area contributed by atoms with Gasteiger partial charge in [0.1, 0.15) is 17.3 Å².